The number of aromatic carboxylic acids is 1. The fourth-order valence-corrected chi connectivity index (χ4v) is 2.07. The number of hydrogen-bond acceptors (Lipinski definition) is 4. The molecule has 0 unspecified atom stereocenters. The van der Waals surface area contributed by atoms with Crippen LogP contribution in [-0.2, 0) is 0 Å². The van der Waals surface area contributed by atoms with Crippen LogP contribution in [0.4, 0.5) is 5.69 Å². The lowest BCUT2D eigenvalue weighted by molar-refractivity contribution is 0.0693. The molecule has 0 atom stereocenters. The Balaban J connectivity index is 2.32. The molecule has 1 amide bonds. The molecular formula is C13H8Cl2N2O4. The molecule has 8 heteroatoms. The number of hydrogen-bond donors (Lipinski definition) is 3. The number of pyridine rings is 1. The van der Waals surface area contributed by atoms with E-state index in [1.807, 2.05) is 0 Å². The number of nitrogens with one attached hydrogen (secondary N) is 1. The summed E-state index contributed by atoms with van der Waals surface area (Å²) in [6.07, 6.45) is 0. The third-order valence-electron chi connectivity index (χ3n) is 2.54. The van der Waals surface area contributed by atoms with Crippen LogP contribution in [0.15, 0.2) is 30.3 Å². The number of nitrogens with zero attached hydrogens (tertiary/aromatic N) is 1. The van der Waals surface area contributed by atoms with E-state index < -0.39 is 17.6 Å². The average molecular weight is 327 g/mol. The standard InChI is InChI=1S/C13H8Cl2N2O4/c14-9-4-6(5-10(15)17-9)12(19)16-8-3-1-2-7(11(8)18)13(20)21/h1-5,18H,(H,16,19)(H,20,21). The summed E-state index contributed by atoms with van der Waals surface area (Å²) >= 11 is 11.4. The minimum Gasteiger partial charge on any atom is -0.505 e. The van der Waals surface area contributed by atoms with Crippen molar-refractivity contribution >= 4 is 40.8 Å². The van der Waals surface area contributed by atoms with E-state index >= 15 is 0 Å². The van der Waals surface area contributed by atoms with Gasteiger partial charge in [-0.1, -0.05) is 29.3 Å². The van der Waals surface area contributed by atoms with E-state index in [-0.39, 0.29) is 27.1 Å². The Morgan fingerprint density at radius 1 is 1.14 bits per heavy atom. The predicted octanol–water partition coefficient (Wildman–Crippen LogP) is 3.04. The highest BCUT2D eigenvalue weighted by Crippen LogP contribution is 2.28. The molecule has 2 aromatic rings. The van der Waals surface area contributed by atoms with Gasteiger partial charge in [0, 0.05) is 5.56 Å². The number of para-hydroxylation sites is 1. The Morgan fingerprint density at radius 2 is 1.76 bits per heavy atom. The van der Waals surface area contributed by atoms with Gasteiger partial charge in [-0.3, -0.25) is 4.79 Å². The van der Waals surface area contributed by atoms with Crippen molar-refractivity contribution in [2.75, 3.05) is 5.32 Å². The molecule has 0 aliphatic carbocycles. The zero-order valence-corrected chi connectivity index (χ0v) is 11.8. The number of carbonyl (C=O) groups is 2. The number of carboxylic acid groups (broad SMARTS) is 1. The monoisotopic (exact) mass is 326 g/mol. The van der Waals surface area contributed by atoms with Crippen molar-refractivity contribution < 1.29 is 19.8 Å². The zero-order chi connectivity index (χ0) is 15.6. The lowest BCUT2D eigenvalue weighted by Gasteiger charge is -2.09. The molecule has 1 heterocycles. The molecule has 6 nitrogen and oxygen atoms in total. The summed E-state index contributed by atoms with van der Waals surface area (Å²) in [5.74, 6) is -2.46. The lowest BCUT2D eigenvalue weighted by atomic mass is 10.1. The van der Waals surface area contributed by atoms with Crippen LogP contribution in [0.3, 0.4) is 0 Å². The van der Waals surface area contributed by atoms with Crippen LogP contribution in [0.25, 0.3) is 0 Å². The molecule has 21 heavy (non-hydrogen) atoms. The van der Waals surface area contributed by atoms with Gasteiger partial charge in [0.2, 0.25) is 0 Å². The average Bonchev–Trinajstić information content (AvgIpc) is 2.39. The first-order chi connectivity index (χ1) is 9.88. The van der Waals surface area contributed by atoms with Gasteiger partial charge in [-0.15, -0.1) is 0 Å². The van der Waals surface area contributed by atoms with Crippen LogP contribution in [0.2, 0.25) is 10.3 Å². The number of carboxylic acids is 1. The van der Waals surface area contributed by atoms with E-state index in [0.717, 1.165) is 0 Å². The molecule has 3 N–H and O–H groups in total. The molecule has 0 saturated heterocycles. The van der Waals surface area contributed by atoms with E-state index in [2.05, 4.69) is 10.3 Å². The van der Waals surface area contributed by atoms with Gasteiger partial charge >= 0.3 is 5.97 Å². The third kappa shape index (κ3) is 3.42. The molecule has 1 aromatic carbocycles. The second kappa shape index (κ2) is 5.99. The summed E-state index contributed by atoms with van der Waals surface area (Å²) in [6.45, 7) is 0. The first-order valence-corrected chi connectivity index (χ1v) is 6.34. The van der Waals surface area contributed by atoms with Gasteiger partial charge in [0.15, 0.2) is 5.75 Å². The fraction of sp³-hybridized carbons (Fsp3) is 0. The predicted molar refractivity (Wildman–Crippen MR) is 77.3 cm³/mol. The first-order valence-electron chi connectivity index (χ1n) is 5.58. The first kappa shape index (κ1) is 15.1. The lowest BCUT2D eigenvalue weighted by Crippen LogP contribution is -2.13. The topological polar surface area (TPSA) is 99.5 Å². The minimum atomic E-state index is -1.31. The number of phenols is 1. The highest BCUT2D eigenvalue weighted by Gasteiger charge is 2.16. The summed E-state index contributed by atoms with van der Waals surface area (Å²) < 4.78 is 0. The molecule has 0 saturated carbocycles. The van der Waals surface area contributed by atoms with Crippen LogP contribution < -0.4 is 5.32 Å². The maximum absolute atomic E-state index is 12.0. The van der Waals surface area contributed by atoms with Crippen LogP contribution >= 0.6 is 23.2 Å². The maximum atomic E-state index is 12.0. The smallest absolute Gasteiger partial charge is 0.339 e. The largest absolute Gasteiger partial charge is 0.505 e. The zero-order valence-electron chi connectivity index (χ0n) is 10.3. The molecule has 2 rings (SSSR count). The summed E-state index contributed by atoms with van der Waals surface area (Å²) in [5.41, 5.74) is -0.234. The molecular weight excluding hydrogens is 319 g/mol. The van der Waals surface area contributed by atoms with Crippen molar-refractivity contribution in [2.24, 2.45) is 0 Å². The van der Waals surface area contributed by atoms with Gasteiger partial charge in [-0.2, -0.15) is 0 Å². The van der Waals surface area contributed by atoms with Crippen molar-refractivity contribution in [3.05, 3.63) is 51.8 Å². The molecule has 108 valence electrons. The normalized spacial score (nSPS) is 10.2. The SMILES string of the molecule is O=C(Nc1cccc(C(=O)O)c1O)c1cc(Cl)nc(Cl)c1. The summed E-state index contributed by atoms with van der Waals surface area (Å²) in [5, 5.41) is 21.2. The van der Waals surface area contributed by atoms with Gasteiger partial charge in [0.05, 0.1) is 5.69 Å². The van der Waals surface area contributed by atoms with Crippen molar-refractivity contribution in [1.82, 2.24) is 4.98 Å². The number of aromatic hydroxyl groups is 1. The molecule has 0 radical (unpaired) electrons. The summed E-state index contributed by atoms with van der Waals surface area (Å²) in [6, 6.07) is 6.56. The Morgan fingerprint density at radius 3 is 2.33 bits per heavy atom. The van der Waals surface area contributed by atoms with Crippen molar-refractivity contribution in [2.45, 2.75) is 0 Å². The van der Waals surface area contributed by atoms with E-state index in [4.69, 9.17) is 28.3 Å². The Hall–Kier alpha value is -2.31. The molecule has 0 fully saturated rings. The van der Waals surface area contributed by atoms with E-state index in [1.54, 1.807) is 0 Å². The second-order valence-electron chi connectivity index (χ2n) is 3.96. The Kier molecular flexibility index (Phi) is 4.30. The highest BCUT2D eigenvalue weighted by molar-refractivity contribution is 6.33. The third-order valence-corrected chi connectivity index (χ3v) is 2.93. The van der Waals surface area contributed by atoms with Gasteiger partial charge < -0.3 is 15.5 Å². The number of anilines is 1. The molecule has 1 aromatic heterocycles. The van der Waals surface area contributed by atoms with Crippen molar-refractivity contribution in [3.63, 3.8) is 0 Å². The quantitative estimate of drug-likeness (QED) is 0.594. The Bertz CT molecular complexity index is 714. The molecule has 0 spiro atoms. The second-order valence-corrected chi connectivity index (χ2v) is 4.74. The van der Waals surface area contributed by atoms with Crippen LogP contribution in [0.1, 0.15) is 20.7 Å². The fourth-order valence-electron chi connectivity index (χ4n) is 1.61. The number of carbonyl (C=O) groups excluding carboxylic acids is 1. The van der Waals surface area contributed by atoms with E-state index in [0.29, 0.717) is 0 Å². The number of rotatable bonds is 3. The molecule has 0 aliphatic rings. The highest BCUT2D eigenvalue weighted by atomic mass is 35.5. The minimum absolute atomic E-state index is 0.0380. The summed E-state index contributed by atoms with van der Waals surface area (Å²) in [7, 11) is 0. The Labute approximate surface area is 129 Å². The van der Waals surface area contributed by atoms with Gasteiger partial charge in [0.25, 0.3) is 5.91 Å². The van der Waals surface area contributed by atoms with Crippen LogP contribution in [0, 0.1) is 0 Å². The van der Waals surface area contributed by atoms with Gasteiger partial charge in [-0.05, 0) is 24.3 Å². The van der Waals surface area contributed by atoms with Crippen molar-refractivity contribution in [1.29, 1.82) is 0 Å². The van der Waals surface area contributed by atoms with Crippen LogP contribution in [0.5, 0.6) is 5.75 Å². The number of halogens is 2. The maximum Gasteiger partial charge on any atom is 0.339 e. The van der Waals surface area contributed by atoms with E-state index in [1.165, 1.54) is 30.3 Å². The van der Waals surface area contributed by atoms with Gasteiger partial charge in [0.1, 0.15) is 15.9 Å². The summed E-state index contributed by atoms with van der Waals surface area (Å²) in [4.78, 5) is 26.6. The number of aromatic nitrogens is 1. The van der Waals surface area contributed by atoms with Crippen molar-refractivity contribution in [3.8, 4) is 5.75 Å². The van der Waals surface area contributed by atoms with E-state index in [9.17, 15) is 14.7 Å². The molecule has 0 bridgehead atoms. The number of benzene rings is 1. The van der Waals surface area contributed by atoms with Gasteiger partial charge in [-0.25, -0.2) is 9.78 Å². The van der Waals surface area contributed by atoms with Crippen LogP contribution in [-0.4, -0.2) is 27.1 Å². The number of amides is 1. The molecule has 0 aliphatic heterocycles.